The van der Waals surface area contributed by atoms with E-state index >= 15 is 0 Å². The molecule has 0 saturated carbocycles. The molecule has 8 rings (SSSR count). The van der Waals surface area contributed by atoms with Gasteiger partial charge in [-0.25, -0.2) is 9.97 Å². The van der Waals surface area contributed by atoms with Gasteiger partial charge < -0.3 is 20.8 Å². The number of nitrogens with zero attached hydrogens (tertiary/aromatic N) is 4. The Morgan fingerprint density at radius 2 is 1.15 bits per heavy atom. The summed E-state index contributed by atoms with van der Waals surface area (Å²) in [5.74, 6) is 0.363. The molecule has 6 heterocycles. The number of pyridine rings is 4. The number of hydrogen-bond donors (Lipinski definition) is 4. The molecule has 8 aromatic rings. The molecular formula is C41H35ClN6O2S2. The van der Waals surface area contributed by atoms with E-state index in [1.807, 2.05) is 84.9 Å². The van der Waals surface area contributed by atoms with Crippen LogP contribution >= 0.6 is 34.3 Å². The lowest BCUT2D eigenvalue weighted by molar-refractivity contribution is 0.190. The highest BCUT2D eigenvalue weighted by Crippen LogP contribution is 2.40. The third-order valence-corrected chi connectivity index (χ3v) is 10.5. The second-order valence-corrected chi connectivity index (χ2v) is 14.0. The summed E-state index contributed by atoms with van der Waals surface area (Å²) in [6, 6.07) is 36.0. The maximum atomic E-state index is 9.61. The van der Waals surface area contributed by atoms with Gasteiger partial charge in [-0.2, -0.15) is 0 Å². The number of anilines is 2. The number of aliphatic hydroxyl groups excluding tert-OH is 2. The van der Waals surface area contributed by atoms with Crippen molar-refractivity contribution in [1.29, 1.82) is 0 Å². The number of rotatable bonds is 11. The van der Waals surface area contributed by atoms with Crippen molar-refractivity contribution < 1.29 is 10.2 Å². The van der Waals surface area contributed by atoms with Crippen molar-refractivity contribution in [3.8, 4) is 22.3 Å². The molecule has 0 bridgehead atoms. The van der Waals surface area contributed by atoms with E-state index < -0.39 is 5.92 Å². The number of nitrogens with one attached hydrogen (secondary N) is 2. The number of aliphatic hydroxyl groups is 2. The van der Waals surface area contributed by atoms with Gasteiger partial charge in [0.25, 0.3) is 0 Å². The van der Waals surface area contributed by atoms with Crippen LogP contribution in [-0.2, 0) is 13.1 Å². The average molecular weight is 743 g/mol. The second-order valence-electron chi connectivity index (χ2n) is 11.9. The SMILES string of the molecule is Clc1cc(NCc2ccccn2)nc2scc(-c3ccccc3)c12.OCC(CO)c1cc(NCc2ccccn2)c2c(-c3ccccc3)csc2n1. The quantitative estimate of drug-likeness (QED) is 0.104. The third-order valence-electron chi connectivity index (χ3n) is 8.45. The third kappa shape index (κ3) is 8.12. The fourth-order valence-electron chi connectivity index (χ4n) is 5.77. The van der Waals surface area contributed by atoms with Crippen molar-refractivity contribution in [2.24, 2.45) is 0 Å². The Balaban J connectivity index is 0.000000164. The first-order valence-electron chi connectivity index (χ1n) is 16.7. The van der Waals surface area contributed by atoms with Gasteiger partial charge in [-0.1, -0.05) is 84.4 Å². The van der Waals surface area contributed by atoms with Crippen molar-refractivity contribution in [3.63, 3.8) is 0 Å². The number of halogens is 1. The Bertz CT molecular complexity index is 2350. The topological polar surface area (TPSA) is 116 Å². The van der Waals surface area contributed by atoms with Crippen LogP contribution in [0.3, 0.4) is 0 Å². The second kappa shape index (κ2) is 16.9. The van der Waals surface area contributed by atoms with E-state index in [1.54, 1.807) is 35.1 Å². The van der Waals surface area contributed by atoms with Crippen LogP contribution < -0.4 is 10.6 Å². The summed E-state index contributed by atoms with van der Waals surface area (Å²) in [6.07, 6.45) is 3.56. The minimum absolute atomic E-state index is 0.147. The number of fused-ring (bicyclic) bond motifs is 2. The molecule has 0 radical (unpaired) electrons. The number of hydrogen-bond acceptors (Lipinski definition) is 10. The van der Waals surface area contributed by atoms with Gasteiger partial charge in [0.2, 0.25) is 0 Å². The zero-order valence-electron chi connectivity index (χ0n) is 28.0. The summed E-state index contributed by atoms with van der Waals surface area (Å²) in [5, 5.41) is 33.0. The van der Waals surface area contributed by atoms with E-state index in [-0.39, 0.29) is 13.2 Å². The molecule has 0 aliphatic carbocycles. The van der Waals surface area contributed by atoms with E-state index in [1.165, 1.54) is 0 Å². The molecule has 2 aromatic carbocycles. The summed E-state index contributed by atoms with van der Waals surface area (Å²) < 4.78 is 0. The summed E-state index contributed by atoms with van der Waals surface area (Å²) in [6.45, 7) is 0.899. The molecule has 0 atom stereocenters. The number of aromatic nitrogens is 4. The highest BCUT2D eigenvalue weighted by molar-refractivity contribution is 7.17. The summed E-state index contributed by atoms with van der Waals surface area (Å²) in [7, 11) is 0. The van der Waals surface area contributed by atoms with Crippen LogP contribution in [0.5, 0.6) is 0 Å². The van der Waals surface area contributed by atoms with E-state index in [2.05, 4.69) is 55.6 Å². The van der Waals surface area contributed by atoms with Crippen molar-refractivity contribution in [1.82, 2.24) is 19.9 Å². The van der Waals surface area contributed by atoms with E-state index in [0.717, 1.165) is 65.6 Å². The van der Waals surface area contributed by atoms with Crippen LogP contribution in [0.15, 0.2) is 132 Å². The van der Waals surface area contributed by atoms with Crippen LogP contribution in [0.2, 0.25) is 5.02 Å². The predicted octanol–water partition coefficient (Wildman–Crippen LogP) is 9.66. The highest BCUT2D eigenvalue weighted by Gasteiger charge is 2.18. The molecule has 8 nitrogen and oxygen atoms in total. The molecule has 0 aliphatic heterocycles. The Kier molecular flexibility index (Phi) is 11.4. The van der Waals surface area contributed by atoms with Crippen LogP contribution in [0.4, 0.5) is 11.5 Å². The van der Waals surface area contributed by atoms with Crippen LogP contribution in [-0.4, -0.2) is 43.4 Å². The minimum Gasteiger partial charge on any atom is -0.396 e. The lowest BCUT2D eigenvalue weighted by Crippen LogP contribution is -2.12. The molecule has 52 heavy (non-hydrogen) atoms. The van der Waals surface area contributed by atoms with Crippen LogP contribution in [0, 0.1) is 0 Å². The van der Waals surface area contributed by atoms with Crippen LogP contribution in [0.1, 0.15) is 23.0 Å². The van der Waals surface area contributed by atoms with Gasteiger partial charge in [-0.05, 0) is 47.5 Å². The van der Waals surface area contributed by atoms with Crippen LogP contribution in [0.25, 0.3) is 42.7 Å². The van der Waals surface area contributed by atoms with Gasteiger partial charge in [0.1, 0.15) is 15.5 Å². The Labute approximate surface area is 314 Å². The smallest absolute Gasteiger partial charge is 0.129 e. The summed E-state index contributed by atoms with van der Waals surface area (Å²) in [4.78, 5) is 19.9. The highest BCUT2D eigenvalue weighted by atomic mass is 35.5. The van der Waals surface area contributed by atoms with Gasteiger partial charge in [-0.3, -0.25) is 9.97 Å². The monoisotopic (exact) mass is 742 g/mol. The first-order chi connectivity index (χ1) is 25.6. The van der Waals surface area contributed by atoms with Gasteiger partial charge in [0.05, 0.1) is 48.4 Å². The van der Waals surface area contributed by atoms with Crippen molar-refractivity contribution in [3.05, 3.63) is 154 Å². The molecule has 0 amide bonds. The largest absolute Gasteiger partial charge is 0.396 e. The van der Waals surface area contributed by atoms with Gasteiger partial charge >= 0.3 is 0 Å². The standard InChI is InChI=1S/C22H21N3O2S.C19H14ClN3S/c26-12-16(13-27)19-10-20(24-11-17-8-4-5-9-23-17)21-18(14-28-22(21)25-19)15-6-2-1-3-7-15;20-16-10-17(22-11-14-8-4-5-9-21-14)23-19-18(16)15(12-24-19)13-6-2-1-3-7-13/h1-10,14,16,26-27H,11-13H2,(H,24,25);1-10,12H,11H2,(H,22,23). The van der Waals surface area contributed by atoms with E-state index in [0.29, 0.717) is 23.8 Å². The fraction of sp³-hybridized carbons (Fsp3) is 0.122. The van der Waals surface area contributed by atoms with Gasteiger partial charge in [0.15, 0.2) is 0 Å². The zero-order chi connectivity index (χ0) is 35.7. The Hall–Kier alpha value is -5.23. The van der Waals surface area contributed by atoms with E-state index in [9.17, 15) is 10.2 Å². The molecule has 11 heteroatoms. The minimum atomic E-state index is -0.401. The Morgan fingerprint density at radius 1 is 0.615 bits per heavy atom. The summed E-state index contributed by atoms with van der Waals surface area (Å²) >= 11 is 9.73. The first-order valence-corrected chi connectivity index (χ1v) is 18.8. The molecule has 0 spiro atoms. The molecule has 0 unspecified atom stereocenters. The molecule has 260 valence electrons. The predicted molar refractivity (Wildman–Crippen MR) is 215 cm³/mol. The number of benzene rings is 2. The molecular weight excluding hydrogens is 708 g/mol. The van der Waals surface area contributed by atoms with Crippen molar-refractivity contribution in [2.45, 2.75) is 19.0 Å². The zero-order valence-corrected chi connectivity index (χ0v) is 30.4. The normalized spacial score (nSPS) is 11.1. The summed E-state index contributed by atoms with van der Waals surface area (Å²) in [5.41, 5.74) is 8.04. The van der Waals surface area contributed by atoms with Gasteiger partial charge in [-0.15, -0.1) is 22.7 Å². The molecule has 0 fully saturated rings. The lowest BCUT2D eigenvalue weighted by Gasteiger charge is -2.15. The molecule has 0 aliphatic rings. The Morgan fingerprint density at radius 3 is 1.71 bits per heavy atom. The fourth-order valence-corrected chi connectivity index (χ4v) is 8.07. The first kappa shape index (κ1) is 35.2. The maximum absolute atomic E-state index is 9.61. The lowest BCUT2D eigenvalue weighted by atomic mass is 10.0. The van der Waals surface area contributed by atoms with Gasteiger partial charge in [0, 0.05) is 56.7 Å². The number of thiophene rings is 2. The molecule has 0 saturated heterocycles. The maximum Gasteiger partial charge on any atom is 0.129 e. The van der Waals surface area contributed by atoms with Crippen molar-refractivity contribution in [2.75, 3.05) is 23.8 Å². The van der Waals surface area contributed by atoms with E-state index in [4.69, 9.17) is 21.6 Å². The average Bonchev–Trinajstić information content (AvgIpc) is 3.84. The molecule has 4 N–H and O–H groups in total. The van der Waals surface area contributed by atoms with Crippen molar-refractivity contribution >= 4 is 66.2 Å². The molecule has 6 aromatic heterocycles.